The van der Waals surface area contributed by atoms with Crippen molar-refractivity contribution in [2.45, 2.75) is 58.3 Å². The molecule has 2 aromatic heterocycles. The summed E-state index contributed by atoms with van der Waals surface area (Å²) >= 11 is 0. The van der Waals surface area contributed by atoms with E-state index in [2.05, 4.69) is 30.4 Å². The van der Waals surface area contributed by atoms with E-state index < -0.39 is 11.4 Å². The monoisotopic (exact) mass is 476 g/mol. The van der Waals surface area contributed by atoms with Gasteiger partial charge in [-0.1, -0.05) is 0 Å². The molecular formula is C22H33FN8O3. The van der Waals surface area contributed by atoms with Crippen LogP contribution in [0.25, 0.3) is 0 Å². The minimum absolute atomic E-state index is 0.0324. The standard InChI is InChI=1S/C22H33FN8O3/c1-6-34-20-24-9-16(23)19(26-20)25-18-15-12-31(22(3,4)17(15)27-28-18)21(33)30-11-14(7-8-32)29(5)10-13(30)2/h9,13-14,32H,6-8,10-12H2,1-5H3,(H2,24,25,26,27,28)/t13-,14+/m0/s1. The summed E-state index contributed by atoms with van der Waals surface area (Å²) in [5, 5.41) is 19.7. The van der Waals surface area contributed by atoms with E-state index in [9.17, 15) is 14.3 Å². The molecule has 11 nitrogen and oxygen atoms in total. The summed E-state index contributed by atoms with van der Waals surface area (Å²) in [7, 11) is 2.02. The van der Waals surface area contributed by atoms with Gasteiger partial charge in [-0.25, -0.2) is 14.2 Å². The van der Waals surface area contributed by atoms with Gasteiger partial charge in [-0.3, -0.25) is 10.00 Å². The summed E-state index contributed by atoms with van der Waals surface area (Å²) < 4.78 is 19.6. The predicted octanol–water partition coefficient (Wildman–Crippen LogP) is 2.04. The zero-order valence-corrected chi connectivity index (χ0v) is 20.3. The Morgan fingerprint density at radius 1 is 1.38 bits per heavy atom. The minimum Gasteiger partial charge on any atom is -0.464 e. The number of aromatic amines is 1. The van der Waals surface area contributed by atoms with Gasteiger partial charge >= 0.3 is 12.0 Å². The number of anilines is 2. The summed E-state index contributed by atoms with van der Waals surface area (Å²) in [4.78, 5) is 27.5. The number of halogens is 1. The topological polar surface area (TPSA) is 123 Å². The maximum absolute atomic E-state index is 14.4. The molecule has 34 heavy (non-hydrogen) atoms. The highest BCUT2D eigenvalue weighted by Crippen LogP contribution is 2.42. The van der Waals surface area contributed by atoms with E-state index in [0.29, 0.717) is 31.9 Å². The Morgan fingerprint density at radius 2 is 2.15 bits per heavy atom. The summed E-state index contributed by atoms with van der Waals surface area (Å²) in [5.41, 5.74) is 0.926. The normalized spacial score (nSPS) is 22.1. The van der Waals surface area contributed by atoms with Crippen molar-refractivity contribution in [3.63, 3.8) is 0 Å². The van der Waals surface area contributed by atoms with Crippen LogP contribution in [0.2, 0.25) is 0 Å². The van der Waals surface area contributed by atoms with Crippen LogP contribution in [0.15, 0.2) is 6.20 Å². The highest BCUT2D eigenvalue weighted by atomic mass is 19.1. The van der Waals surface area contributed by atoms with Gasteiger partial charge in [0.05, 0.1) is 30.6 Å². The zero-order chi connectivity index (χ0) is 24.6. The number of fused-ring (bicyclic) bond motifs is 1. The molecule has 0 aliphatic carbocycles. The smallest absolute Gasteiger partial charge is 0.321 e. The number of urea groups is 1. The van der Waals surface area contributed by atoms with E-state index >= 15 is 0 Å². The molecule has 12 heteroatoms. The first-order valence-electron chi connectivity index (χ1n) is 11.6. The van der Waals surface area contributed by atoms with Gasteiger partial charge in [0.2, 0.25) is 0 Å². The SMILES string of the molecule is CCOc1ncc(F)c(Nc2n[nH]c3c2CN(C(=O)N2C[C@@H](CCO)N(C)C[C@@H]2C)C3(C)C)n1. The van der Waals surface area contributed by atoms with Gasteiger partial charge in [0, 0.05) is 37.3 Å². The van der Waals surface area contributed by atoms with Gasteiger partial charge in [0.25, 0.3) is 0 Å². The van der Waals surface area contributed by atoms with Gasteiger partial charge in [-0.2, -0.15) is 10.1 Å². The molecule has 0 unspecified atom stereocenters. The molecule has 1 fully saturated rings. The summed E-state index contributed by atoms with van der Waals surface area (Å²) in [6.45, 7) is 9.79. The van der Waals surface area contributed by atoms with Crippen molar-refractivity contribution in [3.8, 4) is 6.01 Å². The number of likely N-dealkylation sites (N-methyl/N-ethyl adjacent to an activating group) is 1. The molecule has 2 atom stereocenters. The lowest BCUT2D eigenvalue weighted by Gasteiger charge is -2.46. The molecule has 2 amide bonds. The second kappa shape index (κ2) is 9.34. The van der Waals surface area contributed by atoms with Crippen LogP contribution in [0.3, 0.4) is 0 Å². The zero-order valence-electron chi connectivity index (χ0n) is 20.3. The first-order valence-corrected chi connectivity index (χ1v) is 11.6. The van der Waals surface area contributed by atoms with Crippen LogP contribution in [0, 0.1) is 5.82 Å². The summed E-state index contributed by atoms with van der Waals surface area (Å²) in [5.74, 6) is -0.274. The van der Waals surface area contributed by atoms with Crippen LogP contribution in [-0.2, 0) is 12.1 Å². The van der Waals surface area contributed by atoms with Crippen molar-refractivity contribution < 1.29 is 19.0 Å². The van der Waals surface area contributed by atoms with Gasteiger partial charge in [-0.05, 0) is 41.2 Å². The highest BCUT2D eigenvalue weighted by Gasteiger charge is 2.46. The number of aromatic nitrogens is 4. The van der Waals surface area contributed by atoms with Crippen LogP contribution in [0.5, 0.6) is 6.01 Å². The van der Waals surface area contributed by atoms with Crippen molar-refractivity contribution in [2.24, 2.45) is 0 Å². The molecule has 3 N–H and O–H groups in total. The van der Waals surface area contributed by atoms with E-state index in [0.717, 1.165) is 24.0 Å². The molecule has 1 saturated heterocycles. The van der Waals surface area contributed by atoms with Crippen molar-refractivity contribution in [2.75, 3.05) is 38.7 Å². The molecule has 0 spiro atoms. The molecule has 0 bridgehead atoms. The predicted molar refractivity (Wildman–Crippen MR) is 123 cm³/mol. The van der Waals surface area contributed by atoms with Crippen LogP contribution in [-0.4, -0.2) is 91.4 Å². The van der Waals surface area contributed by atoms with Gasteiger partial charge in [0.1, 0.15) is 0 Å². The average molecular weight is 477 g/mol. The number of amides is 2. The lowest BCUT2D eigenvalue weighted by molar-refractivity contribution is 0.0337. The molecule has 0 radical (unpaired) electrons. The fourth-order valence-electron chi connectivity index (χ4n) is 4.77. The van der Waals surface area contributed by atoms with Gasteiger partial charge in [-0.15, -0.1) is 0 Å². The Morgan fingerprint density at radius 3 is 2.85 bits per heavy atom. The Labute approximate surface area is 198 Å². The van der Waals surface area contributed by atoms with Crippen molar-refractivity contribution in [1.82, 2.24) is 34.9 Å². The number of aliphatic hydroxyl groups is 1. The third-order valence-electron chi connectivity index (χ3n) is 6.76. The highest BCUT2D eigenvalue weighted by molar-refractivity contribution is 5.78. The molecule has 4 rings (SSSR count). The number of nitrogens with zero attached hydrogens (tertiary/aromatic N) is 6. The lowest BCUT2D eigenvalue weighted by Crippen LogP contribution is -2.61. The second-order valence-corrected chi connectivity index (χ2v) is 9.37. The fourth-order valence-corrected chi connectivity index (χ4v) is 4.77. The maximum Gasteiger partial charge on any atom is 0.321 e. The van der Waals surface area contributed by atoms with E-state index in [4.69, 9.17) is 4.74 Å². The van der Waals surface area contributed by atoms with Gasteiger partial charge < -0.3 is 25.0 Å². The average Bonchev–Trinajstić information content (AvgIpc) is 3.30. The maximum atomic E-state index is 14.4. The number of rotatable bonds is 6. The number of ether oxygens (including phenoxy) is 1. The quantitative estimate of drug-likeness (QED) is 0.579. The largest absolute Gasteiger partial charge is 0.464 e. The number of hydrogen-bond acceptors (Lipinski definition) is 8. The molecule has 0 saturated carbocycles. The summed E-state index contributed by atoms with van der Waals surface area (Å²) in [6.07, 6.45) is 1.66. The van der Waals surface area contributed by atoms with Crippen LogP contribution in [0.4, 0.5) is 20.8 Å². The van der Waals surface area contributed by atoms with Crippen molar-refractivity contribution in [1.29, 1.82) is 0 Å². The molecular weight excluding hydrogens is 443 g/mol. The lowest BCUT2D eigenvalue weighted by atomic mass is 10.0. The third-order valence-corrected chi connectivity index (χ3v) is 6.76. The molecule has 186 valence electrons. The van der Waals surface area contributed by atoms with Crippen molar-refractivity contribution in [3.05, 3.63) is 23.3 Å². The van der Waals surface area contributed by atoms with Gasteiger partial charge in [0.15, 0.2) is 17.5 Å². The second-order valence-electron chi connectivity index (χ2n) is 9.37. The molecule has 2 aliphatic rings. The number of hydrogen-bond donors (Lipinski definition) is 3. The van der Waals surface area contributed by atoms with E-state index in [-0.39, 0.29) is 36.6 Å². The van der Waals surface area contributed by atoms with Crippen molar-refractivity contribution >= 4 is 17.7 Å². The first-order chi connectivity index (χ1) is 16.2. The minimum atomic E-state index is -0.643. The number of carbonyl (C=O) groups excluding carboxylic acids is 1. The Bertz CT molecular complexity index is 1050. The molecule has 0 aromatic carbocycles. The van der Waals surface area contributed by atoms with E-state index in [1.165, 1.54) is 0 Å². The Balaban J connectivity index is 1.56. The third kappa shape index (κ3) is 4.27. The Hall–Kier alpha value is -2.99. The van der Waals surface area contributed by atoms with Crippen LogP contribution >= 0.6 is 0 Å². The number of carbonyl (C=O) groups is 1. The van der Waals surface area contributed by atoms with Crippen LogP contribution < -0.4 is 10.1 Å². The molecule has 2 aliphatic heterocycles. The van der Waals surface area contributed by atoms with E-state index in [1.807, 2.05) is 32.7 Å². The van der Waals surface area contributed by atoms with E-state index in [1.54, 1.807) is 11.8 Å². The summed E-state index contributed by atoms with van der Waals surface area (Å²) in [6, 6.07) is 0.131. The number of aliphatic hydroxyl groups excluding tert-OH is 1. The number of nitrogens with one attached hydrogen (secondary N) is 2. The Kier molecular flexibility index (Phi) is 6.63. The molecule has 4 heterocycles. The number of piperazine rings is 1. The van der Waals surface area contributed by atoms with Crippen LogP contribution in [0.1, 0.15) is 45.4 Å². The molecule has 2 aromatic rings. The number of H-pyrrole nitrogens is 1. The first kappa shape index (κ1) is 24.1. The fraction of sp³-hybridized carbons (Fsp3) is 0.636.